The lowest BCUT2D eigenvalue weighted by Crippen LogP contribution is -2.36. The SMILES string of the molecule is CC(CCCO)NCC(CN)C(C)C. The van der Waals surface area contributed by atoms with Gasteiger partial charge in [0.15, 0.2) is 0 Å². The van der Waals surface area contributed by atoms with Crippen molar-refractivity contribution in [3.63, 3.8) is 0 Å². The normalized spacial score (nSPS) is 15.9. The van der Waals surface area contributed by atoms with Crippen LogP contribution in [0.1, 0.15) is 33.6 Å². The summed E-state index contributed by atoms with van der Waals surface area (Å²) in [6, 6.07) is 0.481. The molecular weight excluding hydrogens is 176 g/mol. The van der Waals surface area contributed by atoms with Crippen molar-refractivity contribution >= 4 is 0 Å². The Morgan fingerprint density at radius 2 is 1.93 bits per heavy atom. The van der Waals surface area contributed by atoms with Crippen LogP contribution in [0.5, 0.6) is 0 Å². The van der Waals surface area contributed by atoms with Gasteiger partial charge in [-0.05, 0) is 44.7 Å². The molecule has 3 nitrogen and oxygen atoms in total. The van der Waals surface area contributed by atoms with Crippen molar-refractivity contribution in [3.05, 3.63) is 0 Å². The van der Waals surface area contributed by atoms with Crippen LogP contribution in [0.15, 0.2) is 0 Å². The van der Waals surface area contributed by atoms with Gasteiger partial charge >= 0.3 is 0 Å². The third-order valence-electron chi connectivity index (χ3n) is 2.77. The van der Waals surface area contributed by atoms with Gasteiger partial charge in [-0.1, -0.05) is 13.8 Å². The van der Waals surface area contributed by atoms with E-state index in [0.717, 1.165) is 25.9 Å². The third-order valence-corrected chi connectivity index (χ3v) is 2.77. The van der Waals surface area contributed by atoms with Gasteiger partial charge in [-0.25, -0.2) is 0 Å². The first-order valence-corrected chi connectivity index (χ1v) is 5.66. The minimum atomic E-state index is 0.288. The number of hydrogen-bond donors (Lipinski definition) is 3. The second-order valence-electron chi connectivity index (χ2n) is 4.41. The van der Waals surface area contributed by atoms with Crippen LogP contribution in [-0.4, -0.2) is 30.8 Å². The highest BCUT2D eigenvalue weighted by Crippen LogP contribution is 2.08. The molecule has 0 saturated carbocycles. The van der Waals surface area contributed by atoms with E-state index in [1.807, 2.05) is 0 Å². The monoisotopic (exact) mass is 202 g/mol. The van der Waals surface area contributed by atoms with Crippen LogP contribution in [0.3, 0.4) is 0 Å². The first-order chi connectivity index (χ1) is 6.61. The molecule has 4 N–H and O–H groups in total. The van der Waals surface area contributed by atoms with Crippen LogP contribution in [0.4, 0.5) is 0 Å². The fourth-order valence-corrected chi connectivity index (χ4v) is 1.44. The van der Waals surface area contributed by atoms with Gasteiger partial charge in [-0.3, -0.25) is 0 Å². The van der Waals surface area contributed by atoms with E-state index in [0.29, 0.717) is 17.9 Å². The molecule has 2 unspecified atom stereocenters. The molecule has 0 rings (SSSR count). The molecule has 0 fully saturated rings. The fourth-order valence-electron chi connectivity index (χ4n) is 1.44. The second-order valence-corrected chi connectivity index (χ2v) is 4.41. The molecule has 0 spiro atoms. The molecule has 0 aliphatic carbocycles. The first kappa shape index (κ1) is 13.9. The molecule has 14 heavy (non-hydrogen) atoms. The van der Waals surface area contributed by atoms with Crippen LogP contribution in [0, 0.1) is 11.8 Å². The van der Waals surface area contributed by atoms with Crippen molar-refractivity contribution in [2.75, 3.05) is 19.7 Å². The highest BCUT2D eigenvalue weighted by molar-refractivity contribution is 4.69. The maximum absolute atomic E-state index is 8.68. The Kier molecular flexibility index (Phi) is 8.14. The van der Waals surface area contributed by atoms with Crippen LogP contribution in [0.2, 0.25) is 0 Å². The minimum absolute atomic E-state index is 0.288. The predicted molar refractivity (Wildman–Crippen MR) is 61.2 cm³/mol. The van der Waals surface area contributed by atoms with Gasteiger partial charge in [0, 0.05) is 12.6 Å². The van der Waals surface area contributed by atoms with Gasteiger partial charge in [-0.2, -0.15) is 0 Å². The number of rotatable bonds is 8. The van der Waals surface area contributed by atoms with Crippen molar-refractivity contribution in [2.45, 2.75) is 39.7 Å². The highest BCUT2D eigenvalue weighted by Gasteiger charge is 2.12. The molecule has 0 aliphatic rings. The summed E-state index contributed by atoms with van der Waals surface area (Å²) in [6.07, 6.45) is 1.91. The zero-order valence-corrected chi connectivity index (χ0v) is 9.79. The van der Waals surface area contributed by atoms with Crippen molar-refractivity contribution in [2.24, 2.45) is 17.6 Å². The van der Waals surface area contributed by atoms with Gasteiger partial charge in [0.2, 0.25) is 0 Å². The maximum Gasteiger partial charge on any atom is 0.0431 e. The summed E-state index contributed by atoms with van der Waals surface area (Å²) in [7, 11) is 0. The quantitative estimate of drug-likeness (QED) is 0.549. The molecule has 86 valence electrons. The van der Waals surface area contributed by atoms with Gasteiger partial charge in [0.05, 0.1) is 0 Å². The van der Waals surface area contributed by atoms with Crippen LogP contribution < -0.4 is 11.1 Å². The molecule has 0 aliphatic heterocycles. The number of aliphatic hydroxyl groups is 1. The molecule has 0 bridgehead atoms. The third kappa shape index (κ3) is 6.35. The smallest absolute Gasteiger partial charge is 0.0431 e. The Morgan fingerprint density at radius 1 is 1.29 bits per heavy atom. The molecule has 0 aromatic carbocycles. The lowest BCUT2D eigenvalue weighted by Gasteiger charge is -2.22. The summed E-state index contributed by atoms with van der Waals surface area (Å²) in [5.41, 5.74) is 5.68. The zero-order chi connectivity index (χ0) is 11.0. The Hall–Kier alpha value is -0.120. The molecule has 0 heterocycles. The van der Waals surface area contributed by atoms with E-state index in [1.54, 1.807) is 0 Å². The Morgan fingerprint density at radius 3 is 2.36 bits per heavy atom. The maximum atomic E-state index is 8.68. The molecular formula is C11H26N2O. The predicted octanol–water partition coefficient (Wildman–Crippen LogP) is 0.968. The molecule has 0 radical (unpaired) electrons. The van der Waals surface area contributed by atoms with Crippen molar-refractivity contribution in [1.29, 1.82) is 0 Å². The fraction of sp³-hybridized carbons (Fsp3) is 1.00. The number of aliphatic hydroxyl groups excluding tert-OH is 1. The molecule has 0 aromatic rings. The number of nitrogens with one attached hydrogen (secondary N) is 1. The van der Waals surface area contributed by atoms with Crippen molar-refractivity contribution in [1.82, 2.24) is 5.32 Å². The molecule has 3 heteroatoms. The van der Waals surface area contributed by atoms with E-state index < -0.39 is 0 Å². The average Bonchev–Trinajstić information content (AvgIpc) is 2.15. The van der Waals surface area contributed by atoms with E-state index in [9.17, 15) is 0 Å². The van der Waals surface area contributed by atoms with Crippen LogP contribution in [0.25, 0.3) is 0 Å². The van der Waals surface area contributed by atoms with E-state index in [-0.39, 0.29) is 6.61 Å². The largest absolute Gasteiger partial charge is 0.396 e. The topological polar surface area (TPSA) is 58.3 Å². The second kappa shape index (κ2) is 8.21. The Balaban J connectivity index is 3.57. The zero-order valence-electron chi connectivity index (χ0n) is 9.79. The van der Waals surface area contributed by atoms with Crippen molar-refractivity contribution < 1.29 is 5.11 Å². The molecule has 0 amide bonds. The summed E-state index contributed by atoms with van der Waals surface area (Å²) in [5, 5.41) is 12.1. The van der Waals surface area contributed by atoms with Crippen LogP contribution in [-0.2, 0) is 0 Å². The van der Waals surface area contributed by atoms with Crippen LogP contribution >= 0.6 is 0 Å². The number of hydrogen-bond acceptors (Lipinski definition) is 3. The Bertz CT molecular complexity index is 128. The van der Waals surface area contributed by atoms with E-state index >= 15 is 0 Å². The van der Waals surface area contributed by atoms with Gasteiger partial charge in [0.25, 0.3) is 0 Å². The molecule has 0 saturated heterocycles. The Labute approximate surface area is 88.1 Å². The summed E-state index contributed by atoms with van der Waals surface area (Å²) >= 11 is 0. The summed E-state index contributed by atoms with van der Waals surface area (Å²) in [4.78, 5) is 0. The van der Waals surface area contributed by atoms with Crippen molar-refractivity contribution in [3.8, 4) is 0 Å². The summed E-state index contributed by atoms with van der Waals surface area (Å²) in [5.74, 6) is 1.20. The van der Waals surface area contributed by atoms with E-state index in [4.69, 9.17) is 10.8 Å². The van der Waals surface area contributed by atoms with Gasteiger partial charge < -0.3 is 16.2 Å². The average molecular weight is 202 g/mol. The first-order valence-electron chi connectivity index (χ1n) is 5.66. The summed E-state index contributed by atoms with van der Waals surface area (Å²) in [6.45, 7) is 8.59. The van der Waals surface area contributed by atoms with E-state index in [1.165, 1.54) is 0 Å². The molecule has 2 atom stereocenters. The molecule has 0 aromatic heterocycles. The number of nitrogens with two attached hydrogens (primary N) is 1. The van der Waals surface area contributed by atoms with E-state index in [2.05, 4.69) is 26.1 Å². The van der Waals surface area contributed by atoms with Gasteiger partial charge in [0.1, 0.15) is 0 Å². The lowest BCUT2D eigenvalue weighted by molar-refractivity contribution is 0.272. The lowest BCUT2D eigenvalue weighted by atomic mass is 9.95. The highest BCUT2D eigenvalue weighted by atomic mass is 16.2. The minimum Gasteiger partial charge on any atom is -0.396 e. The standard InChI is InChI=1S/C11H26N2O/c1-9(2)11(7-12)8-13-10(3)5-4-6-14/h9-11,13-14H,4-8,12H2,1-3H3. The summed E-state index contributed by atoms with van der Waals surface area (Å²) < 4.78 is 0. The van der Waals surface area contributed by atoms with Gasteiger partial charge in [-0.15, -0.1) is 0 Å².